The molecule has 126 valence electrons. The molecule has 8 heteroatoms. The number of anilines is 1. The first-order chi connectivity index (χ1) is 10.8. The molecule has 23 heavy (non-hydrogen) atoms. The van der Waals surface area contributed by atoms with Gasteiger partial charge in [0.05, 0.1) is 12.0 Å². The predicted octanol–water partition coefficient (Wildman–Crippen LogP) is 3.87. The van der Waals surface area contributed by atoms with Crippen molar-refractivity contribution in [2.75, 3.05) is 18.5 Å². The zero-order chi connectivity index (χ0) is 16.6. The molecule has 2 heterocycles. The van der Waals surface area contributed by atoms with Gasteiger partial charge in [-0.05, 0) is 38.7 Å². The molecular weight excluding hydrogens is 327 g/mol. The van der Waals surface area contributed by atoms with Gasteiger partial charge in [0, 0.05) is 10.9 Å². The quantitative estimate of drug-likeness (QED) is 0.894. The maximum atomic E-state index is 12.1. The van der Waals surface area contributed by atoms with E-state index < -0.39 is 12.8 Å². The van der Waals surface area contributed by atoms with Crippen LogP contribution in [0.25, 0.3) is 10.2 Å². The van der Waals surface area contributed by atoms with Crippen molar-refractivity contribution < 1.29 is 17.9 Å². The number of fused-ring (bicyclic) bond motifs is 3. The Morgan fingerprint density at radius 1 is 1.30 bits per heavy atom. The minimum atomic E-state index is -4.30. The molecule has 0 fully saturated rings. The summed E-state index contributed by atoms with van der Waals surface area (Å²) < 4.78 is 41.1. The Kier molecular flexibility index (Phi) is 4.46. The summed E-state index contributed by atoms with van der Waals surface area (Å²) >= 11 is 1.69. The fraction of sp³-hybridized carbons (Fsp3) is 0.600. The molecule has 1 N–H and O–H groups in total. The third-order valence-electron chi connectivity index (χ3n) is 3.69. The highest BCUT2D eigenvalue weighted by molar-refractivity contribution is 7.19. The first-order valence-corrected chi connectivity index (χ1v) is 8.35. The van der Waals surface area contributed by atoms with Crippen LogP contribution < -0.4 is 5.32 Å². The van der Waals surface area contributed by atoms with E-state index in [4.69, 9.17) is 4.74 Å². The van der Waals surface area contributed by atoms with E-state index in [1.807, 2.05) is 6.92 Å². The molecule has 1 aliphatic rings. The summed E-state index contributed by atoms with van der Waals surface area (Å²) in [7, 11) is 0. The van der Waals surface area contributed by atoms with Crippen LogP contribution in [0.15, 0.2) is 0 Å². The Morgan fingerprint density at radius 3 is 2.83 bits per heavy atom. The van der Waals surface area contributed by atoms with Crippen LogP contribution in [0.4, 0.5) is 19.0 Å². The van der Waals surface area contributed by atoms with E-state index in [9.17, 15) is 13.2 Å². The molecular formula is C15H18F3N3OS. The van der Waals surface area contributed by atoms with Crippen molar-refractivity contribution in [3.05, 3.63) is 16.3 Å². The lowest BCUT2D eigenvalue weighted by molar-refractivity contribution is -0.174. The monoisotopic (exact) mass is 345 g/mol. The maximum Gasteiger partial charge on any atom is 0.411 e. The number of nitrogens with zero attached hydrogens (tertiary/aromatic N) is 2. The average Bonchev–Trinajstić information content (AvgIpc) is 2.96. The number of hydrogen-bond acceptors (Lipinski definition) is 5. The number of alkyl halides is 3. The standard InChI is InChI=1S/C15H18F3N3OS/c1-8(6-22-7-15(16,17)18)19-13-12-10-4-3-5-11(10)23-14(12)21-9(2)20-13/h8H,3-7H2,1-2H3,(H,19,20,21)/t8-/m1/s1. The average molecular weight is 345 g/mol. The minimum Gasteiger partial charge on any atom is -0.370 e. The third-order valence-corrected chi connectivity index (χ3v) is 4.88. The van der Waals surface area contributed by atoms with Crippen LogP contribution in [-0.4, -0.2) is 35.4 Å². The Balaban J connectivity index is 1.77. The Hall–Kier alpha value is -1.41. The molecule has 0 radical (unpaired) electrons. The number of halogens is 3. The van der Waals surface area contributed by atoms with Gasteiger partial charge in [-0.25, -0.2) is 9.97 Å². The summed E-state index contributed by atoms with van der Waals surface area (Å²) in [5.74, 6) is 1.36. The summed E-state index contributed by atoms with van der Waals surface area (Å²) in [5.41, 5.74) is 1.29. The molecule has 2 aromatic rings. The molecule has 0 aliphatic heterocycles. The molecule has 0 saturated carbocycles. The first kappa shape index (κ1) is 16.4. The molecule has 1 atom stereocenters. The molecule has 4 nitrogen and oxygen atoms in total. The molecule has 0 aromatic carbocycles. The number of thiophene rings is 1. The summed E-state index contributed by atoms with van der Waals surface area (Å²) in [6.07, 6.45) is -1.09. The molecule has 1 aliphatic carbocycles. The predicted molar refractivity (Wildman–Crippen MR) is 84.1 cm³/mol. The van der Waals surface area contributed by atoms with Crippen LogP contribution in [0.3, 0.4) is 0 Å². The van der Waals surface area contributed by atoms with E-state index in [0.29, 0.717) is 11.6 Å². The molecule has 0 amide bonds. The number of hydrogen-bond donors (Lipinski definition) is 1. The van der Waals surface area contributed by atoms with Gasteiger partial charge in [0.2, 0.25) is 0 Å². The SMILES string of the molecule is Cc1nc(N[C@H](C)COCC(F)(F)F)c2c3c(sc2n1)CCC3. The molecule has 0 unspecified atom stereocenters. The second-order valence-corrected chi connectivity index (χ2v) is 6.92. The third kappa shape index (κ3) is 3.74. The second-order valence-electron chi connectivity index (χ2n) is 5.83. The van der Waals surface area contributed by atoms with Gasteiger partial charge < -0.3 is 10.1 Å². The van der Waals surface area contributed by atoms with Gasteiger partial charge in [-0.3, -0.25) is 0 Å². The van der Waals surface area contributed by atoms with Crippen molar-refractivity contribution >= 4 is 27.4 Å². The van der Waals surface area contributed by atoms with Crippen LogP contribution in [0.2, 0.25) is 0 Å². The van der Waals surface area contributed by atoms with Crippen molar-refractivity contribution in [2.24, 2.45) is 0 Å². The van der Waals surface area contributed by atoms with Crippen molar-refractivity contribution in [3.63, 3.8) is 0 Å². The normalized spacial score (nSPS) is 15.9. The lowest BCUT2D eigenvalue weighted by Gasteiger charge is -2.17. The molecule has 0 saturated heterocycles. The highest BCUT2D eigenvalue weighted by atomic mass is 32.1. The summed E-state index contributed by atoms with van der Waals surface area (Å²) in [4.78, 5) is 11.2. The number of rotatable bonds is 5. The van der Waals surface area contributed by atoms with Gasteiger partial charge >= 0.3 is 6.18 Å². The Morgan fingerprint density at radius 2 is 2.09 bits per heavy atom. The molecule has 0 bridgehead atoms. The lowest BCUT2D eigenvalue weighted by Crippen LogP contribution is -2.26. The zero-order valence-electron chi connectivity index (χ0n) is 13.0. The van der Waals surface area contributed by atoms with Crippen molar-refractivity contribution in [1.82, 2.24) is 9.97 Å². The molecule has 3 rings (SSSR count). The van der Waals surface area contributed by atoms with Crippen molar-refractivity contribution in [3.8, 4) is 0 Å². The van der Waals surface area contributed by atoms with Crippen LogP contribution in [0.1, 0.15) is 29.6 Å². The van der Waals surface area contributed by atoms with E-state index in [-0.39, 0.29) is 12.6 Å². The van der Waals surface area contributed by atoms with E-state index in [1.165, 1.54) is 10.4 Å². The van der Waals surface area contributed by atoms with Gasteiger partial charge in [-0.1, -0.05) is 0 Å². The summed E-state index contributed by atoms with van der Waals surface area (Å²) in [6.45, 7) is 2.34. The van der Waals surface area contributed by atoms with Gasteiger partial charge in [-0.15, -0.1) is 11.3 Å². The fourth-order valence-electron chi connectivity index (χ4n) is 2.83. The summed E-state index contributed by atoms with van der Waals surface area (Å²) in [5, 5.41) is 4.21. The number of nitrogens with one attached hydrogen (secondary N) is 1. The number of aryl methyl sites for hydroxylation is 3. The maximum absolute atomic E-state index is 12.1. The smallest absolute Gasteiger partial charge is 0.370 e. The van der Waals surface area contributed by atoms with Gasteiger partial charge in [0.15, 0.2) is 0 Å². The molecule has 0 spiro atoms. The van der Waals surface area contributed by atoms with Crippen LogP contribution in [0.5, 0.6) is 0 Å². The topological polar surface area (TPSA) is 47.0 Å². The highest BCUT2D eigenvalue weighted by Gasteiger charge is 2.28. The van der Waals surface area contributed by atoms with Gasteiger partial charge in [0.1, 0.15) is 23.1 Å². The highest BCUT2D eigenvalue weighted by Crippen LogP contribution is 2.39. The number of ether oxygens (including phenoxy) is 1. The van der Waals surface area contributed by atoms with Crippen molar-refractivity contribution in [1.29, 1.82) is 0 Å². The van der Waals surface area contributed by atoms with Gasteiger partial charge in [0.25, 0.3) is 0 Å². The van der Waals surface area contributed by atoms with E-state index in [1.54, 1.807) is 18.3 Å². The zero-order valence-corrected chi connectivity index (χ0v) is 13.8. The van der Waals surface area contributed by atoms with E-state index >= 15 is 0 Å². The molecule has 2 aromatic heterocycles. The van der Waals surface area contributed by atoms with Crippen LogP contribution in [0, 0.1) is 6.92 Å². The summed E-state index contributed by atoms with van der Waals surface area (Å²) in [6, 6.07) is -0.271. The first-order valence-electron chi connectivity index (χ1n) is 7.53. The lowest BCUT2D eigenvalue weighted by atomic mass is 10.2. The largest absolute Gasteiger partial charge is 0.411 e. The van der Waals surface area contributed by atoms with E-state index in [0.717, 1.165) is 29.5 Å². The Labute approximate surface area is 136 Å². The number of aromatic nitrogens is 2. The van der Waals surface area contributed by atoms with Crippen LogP contribution >= 0.6 is 11.3 Å². The minimum absolute atomic E-state index is 0.0314. The Bertz CT molecular complexity index is 714. The van der Waals surface area contributed by atoms with E-state index in [2.05, 4.69) is 15.3 Å². The van der Waals surface area contributed by atoms with Crippen molar-refractivity contribution in [2.45, 2.75) is 45.3 Å². The fourth-order valence-corrected chi connectivity index (χ4v) is 4.14. The second kappa shape index (κ2) is 6.24. The van der Waals surface area contributed by atoms with Crippen LogP contribution in [-0.2, 0) is 17.6 Å². The van der Waals surface area contributed by atoms with Gasteiger partial charge in [-0.2, -0.15) is 13.2 Å².